The summed E-state index contributed by atoms with van der Waals surface area (Å²) in [5, 5.41) is -4.66. The van der Waals surface area contributed by atoms with E-state index in [1.54, 1.807) is 20.8 Å². The normalized spacial score (nSPS) is 14.4. The Balaban J connectivity index is 4.57. The van der Waals surface area contributed by atoms with Crippen molar-refractivity contribution in [2.24, 2.45) is 5.41 Å². The van der Waals surface area contributed by atoms with Crippen molar-refractivity contribution >= 4 is 22.1 Å². The average molecular weight is 332 g/mol. The summed E-state index contributed by atoms with van der Waals surface area (Å²) in [4.78, 5) is 22.8. The molecule has 0 aliphatic rings. The van der Waals surface area contributed by atoms with Crippen molar-refractivity contribution in [2.75, 3.05) is 6.61 Å². The molecule has 21 heavy (non-hydrogen) atoms. The van der Waals surface area contributed by atoms with E-state index >= 15 is 0 Å². The first-order chi connectivity index (χ1) is 9.25. The highest BCUT2D eigenvalue weighted by atomic mass is 32.2. The molecule has 0 saturated carbocycles. The summed E-state index contributed by atoms with van der Waals surface area (Å²) in [5.74, 6) is -2.08. The minimum atomic E-state index is -5.72. The van der Waals surface area contributed by atoms with Gasteiger partial charge in [0, 0.05) is 0 Å². The molecule has 124 valence electrons. The van der Waals surface area contributed by atoms with Crippen molar-refractivity contribution in [3.8, 4) is 0 Å². The SMILES string of the molecule is CCC(C)(C)C(=O)OCC(=O)OC(C)C(F)(F)S(=O)(=O)O. The van der Waals surface area contributed by atoms with Crippen LogP contribution in [0.4, 0.5) is 8.78 Å². The quantitative estimate of drug-likeness (QED) is 0.554. The molecule has 0 heterocycles. The fourth-order valence-electron chi connectivity index (χ4n) is 0.974. The van der Waals surface area contributed by atoms with E-state index in [4.69, 9.17) is 4.55 Å². The summed E-state index contributed by atoms with van der Waals surface area (Å²) in [6.45, 7) is 4.50. The van der Waals surface area contributed by atoms with Crippen LogP contribution in [0.5, 0.6) is 0 Å². The van der Waals surface area contributed by atoms with Crippen molar-refractivity contribution in [1.82, 2.24) is 0 Å². The number of carbonyl (C=O) groups is 2. The molecular weight excluding hydrogens is 314 g/mol. The van der Waals surface area contributed by atoms with Crippen LogP contribution in [-0.2, 0) is 29.2 Å². The van der Waals surface area contributed by atoms with Crippen molar-refractivity contribution in [2.45, 2.75) is 45.5 Å². The van der Waals surface area contributed by atoms with E-state index in [1.807, 2.05) is 0 Å². The number of rotatable bonds is 7. The fourth-order valence-corrected chi connectivity index (χ4v) is 1.44. The maximum atomic E-state index is 13.1. The van der Waals surface area contributed by atoms with Crippen LogP contribution < -0.4 is 0 Å². The zero-order valence-electron chi connectivity index (χ0n) is 12.1. The highest BCUT2D eigenvalue weighted by molar-refractivity contribution is 7.86. The molecule has 10 heteroatoms. The molecule has 0 spiro atoms. The maximum absolute atomic E-state index is 13.1. The molecular formula is C11H18F2O7S. The van der Waals surface area contributed by atoms with Gasteiger partial charge in [-0.25, -0.2) is 4.79 Å². The average Bonchev–Trinajstić information content (AvgIpc) is 2.34. The molecule has 0 amide bonds. The third-order valence-corrected chi connectivity index (χ3v) is 3.90. The molecule has 0 aliphatic heterocycles. The van der Waals surface area contributed by atoms with Gasteiger partial charge in [-0.1, -0.05) is 6.92 Å². The topological polar surface area (TPSA) is 107 Å². The molecule has 0 rings (SSSR count). The van der Waals surface area contributed by atoms with Gasteiger partial charge in [0.2, 0.25) is 0 Å². The molecule has 0 bridgehead atoms. The lowest BCUT2D eigenvalue weighted by atomic mass is 9.91. The summed E-state index contributed by atoms with van der Waals surface area (Å²) in [7, 11) is -5.72. The van der Waals surface area contributed by atoms with Gasteiger partial charge >= 0.3 is 27.3 Å². The maximum Gasteiger partial charge on any atom is 0.405 e. The number of esters is 2. The smallest absolute Gasteiger partial charge is 0.405 e. The van der Waals surface area contributed by atoms with Gasteiger partial charge in [-0.05, 0) is 27.2 Å². The van der Waals surface area contributed by atoms with E-state index in [1.165, 1.54) is 0 Å². The van der Waals surface area contributed by atoms with Gasteiger partial charge in [0.15, 0.2) is 12.7 Å². The molecule has 0 saturated heterocycles. The second kappa shape index (κ2) is 6.65. The van der Waals surface area contributed by atoms with Gasteiger partial charge < -0.3 is 9.47 Å². The largest absolute Gasteiger partial charge is 0.453 e. The Hall–Kier alpha value is -1.29. The van der Waals surface area contributed by atoms with Crippen molar-refractivity contribution < 1.29 is 40.8 Å². The lowest BCUT2D eigenvalue weighted by molar-refractivity contribution is -0.173. The first kappa shape index (κ1) is 19.7. The summed E-state index contributed by atoms with van der Waals surface area (Å²) >= 11 is 0. The van der Waals surface area contributed by atoms with E-state index in [9.17, 15) is 26.8 Å². The Labute approximate surface area is 121 Å². The molecule has 0 aromatic rings. The minimum absolute atomic E-state index is 0.429. The Morgan fingerprint density at radius 2 is 1.76 bits per heavy atom. The Bertz CT molecular complexity index is 499. The molecule has 1 atom stereocenters. The molecule has 0 aromatic heterocycles. The van der Waals surface area contributed by atoms with Gasteiger partial charge in [0.1, 0.15) is 0 Å². The standard InChI is InChI=1S/C11H18F2O7S/c1-5-10(3,4)9(15)19-6-8(14)20-7(2)11(12,13)21(16,17)18/h7H,5-6H2,1-4H3,(H,16,17,18). The van der Waals surface area contributed by atoms with Gasteiger partial charge in [0.05, 0.1) is 5.41 Å². The van der Waals surface area contributed by atoms with Crippen molar-refractivity contribution in [1.29, 1.82) is 0 Å². The van der Waals surface area contributed by atoms with Gasteiger partial charge in [0.25, 0.3) is 0 Å². The van der Waals surface area contributed by atoms with Crippen molar-refractivity contribution in [3.63, 3.8) is 0 Å². The van der Waals surface area contributed by atoms with Crippen molar-refractivity contribution in [3.05, 3.63) is 0 Å². The zero-order valence-corrected chi connectivity index (χ0v) is 12.9. The lowest BCUT2D eigenvalue weighted by Gasteiger charge is -2.22. The number of halogens is 2. The third kappa shape index (κ3) is 5.20. The number of hydrogen-bond acceptors (Lipinski definition) is 6. The van der Waals surface area contributed by atoms with Crippen LogP contribution in [0.1, 0.15) is 34.1 Å². The van der Waals surface area contributed by atoms with Crippen LogP contribution in [0.15, 0.2) is 0 Å². The third-order valence-electron chi connectivity index (χ3n) is 2.88. The lowest BCUT2D eigenvalue weighted by Crippen LogP contribution is -2.42. The number of hydrogen-bond donors (Lipinski definition) is 1. The number of carbonyl (C=O) groups excluding carboxylic acids is 2. The second-order valence-electron chi connectivity index (χ2n) is 4.98. The van der Waals surface area contributed by atoms with Gasteiger partial charge in [-0.2, -0.15) is 17.2 Å². The van der Waals surface area contributed by atoms with E-state index < -0.39 is 45.4 Å². The highest BCUT2D eigenvalue weighted by Crippen LogP contribution is 2.27. The minimum Gasteiger partial charge on any atom is -0.453 e. The van der Waals surface area contributed by atoms with Crippen LogP contribution in [0.2, 0.25) is 0 Å². The van der Waals surface area contributed by atoms with E-state index in [0.717, 1.165) is 0 Å². The molecule has 0 radical (unpaired) electrons. The van der Waals surface area contributed by atoms with Crippen LogP contribution in [0.25, 0.3) is 0 Å². The summed E-state index contributed by atoms with van der Waals surface area (Å²) in [6, 6.07) is 0. The zero-order chi connectivity index (χ0) is 17.1. The van der Waals surface area contributed by atoms with Gasteiger partial charge in [-0.15, -0.1) is 0 Å². The molecule has 0 aliphatic carbocycles. The summed E-state index contributed by atoms with van der Waals surface area (Å²) in [5.41, 5.74) is -0.857. The van der Waals surface area contributed by atoms with Crippen LogP contribution in [-0.4, -0.2) is 42.9 Å². The highest BCUT2D eigenvalue weighted by Gasteiger charge is 2.52. The Kier molecular flexibility index (Phi) is 6.24. The molecule has 1 N–H and O–H groups in total. The number of ether oxygens (including phenoxy) is 2. The Morgan fingerprint density at radius 3 is 2.14 bits per heavy atom. The van der Waals surface area contributed by atoms with Crippen LogP contribution >= 0.6 is 0 Å². The fraction of sp³-hybridized carbons (Fsp3) is 0.818. The van der Waals surface area contributed by atoms with E-state index in [0.29, 0.717) is 13.3 Å². The molecule has 7 nitrogen and oxygen atoms in total. The monoisotopic (exact) mass is 332 g/mol. The van der Waals surface area contributed by atoms with Gasteiger partial charge in [-0.3, -0.25) is 9.35 Å². The molecule has 0 aromatic carbocycles. The Morgan fingerprint density at radius 1 is 1.29 bits per heavy atom. The van der Waals surface area contributed by atoms with Crippen LogP contribution in [0.3, 0.4) is 0 Å². The summed E-state index contributed by atoms with van der Waals surface area (Å²) in [6.07, 6.45) is -2.00. The van der Waals surface area contributed by atoms with E-state index in [2.05, 4.69) is 9.47 Å². The number of alkyl halides is 2. The second-order valence-corrected chi connectivity index (χ2v) is 6.48. The first-order valence-corrected chi connectivity index (χ1v) is 7.41. The molecule has 1 unspecified atom stereocenters. The summed E-state index contributed by atoms with van der Waals surface area (Å²) < 4.78 is 64.1. The first-order valence-electron chi connectivity index (χ1n) is 5.97. The predicted octanol–water partition coefficient (Wildman–Crippen LogP) is 1.38. The van der Waals surface area contributed by atoms with E-state index in [-0.39, 0.29) is 0 Å². The molecule has 0 fully saturated rings. The van der Waals surface area contributed by atoms with Crippen LogP contribution in [0, 0.1) is 5.41 Å². The predicted molar refractivity (Wildman–Crippen MR) is 67.1 cm³/mol.